The maximum absolute atomic E-state index is 11.2. The third-order valence-electron chi connectivity index (χ3n) is 1.98. The number of benzene rings is 1. The van der Waals surface area contributed by atoms with Gasteiger partial charge in [-0.2, -0.15) is 5.26 Å². The van der Waals surface area contributed by atoms with E-state index in [9.17, 15) is 4.79 Å². The van der Waals surface area contributed by atoms with Crippen molar-refractivity contribution in [2.24, 2.45) is 0 Å². The zero-order chi connectivity index (χ0) is 12.7. The van der Waals surface area contributed by atoms with Crippen molar-refractivity contribution in [1.29, 1.82) is 5.26 Å². The quantitative estimate of drug-likeness (QED) is 0.588. The van der Waals surface area contributed by atoms with Crippen LogP contribution in [-0.4, -0.2) is 19.2 Å². The maximum atomic E-state index is 11.2. The topological polar surface area (TPSA) is 59.3 Å². The Morgan fingerprint density at radius 1 is 1.53 bits per heavy atom. The van der Waals surface area contributed by atoms with Crippen LogP contribution in [0, 0.1) is 11.3 Å². The molecule has 1 atom stereocenters. The van der Waals surface area contributed by atoms with E-state index in [0.29, 0.717) is 5.75 Å². The number of esters is 1. The highest BCUT2D eigenvalue weighted by Gasteiger charge is 2.03. The minimum atomic E-state index is -0.738. The third-order valence-corrected chi connectivity index (χ3v) is 1.98. The lowest BCUT2D eigenvalue weighted by atomic mass is 10.2. The van der Waals surface area contributed by atoms with Gasteiger partial charge in [0.2, 0.25) is 0 Å². The van der Waals surface area contributed by atoms with Gasteiger partial charge in [-0.05, 0) is 30.7 Å². The molecule has 0 spiro atoms. The molecule has 17 heavy (non-hydrogen) atoms. The van der Waals surface area contributed by atoms with Crippen LogP contribution < -0.4 is 4.74 Å². The molecule has 0 radical (unpaired) electrons. The van der Waals surface area contributed by atoms with Gasteiger partial charge in [0, 0.05) is 6.08 Å². The lowest BCUT2D eigenvalue weighted by molar-refractivity contribution is -0.139. The first kappa shape index (κ1) is 12.8. The van der Waals surface area contributed by atoms with Crippen molar-refractivity contribution in [3.05, 3.63) is 35.9 Å². The van der Waals surface area contributed by atoms with Crippen molar-refractivity contribution >= 4 is 12.0 Å². The van der Waals surface area contributed by atoms with E-state index in [4.69, 9.17) is 14.7 Å². The number of hydrogen-bond acceptors (Lipinski definition) is 4. The van der Waals surface area contributed by atoms with Crippen LogP contribution in [0.25, 0.3) is 6.08 Å². The summed E-state index contributed by atoms with van der Waals surface area (Å²) < 4.78 is 9.81. The number of ether oxygens (including phenoxy) is 2. The number of nitrogens with zero attached hydrogens (tertiary/aromatic N) is 1. The van der Waals surface area contributed by atoms with Crippen molar-refractivity contribution in [3.63, 3.8) is 0 Å². The molecule has 1 rings (SSSR count). The van der Waals surface area contributed by atoms with Crippen LogP contribution >= 0.6 is 0 Å². The molecule has 0 aliphatic heterocycles. The van der Waals surface area contributed by atoms with Gasteiger partial charge in [0.1, 0.15) is 11.8 Å². The van der Waals surface area contributed by atoms with Crippen molar-refractivity contribution in [2.75, 3.05) is 7.11 Å². The van der Waals surface area contributed by atoms with Gasteiger partial charge in [0.15, 0.2) is 6.10 Å². The van der Waals surface area contributed by atoms with Crippen LogP contribution in [0.1, 0.15) is 12.5 Å². The maximum Gasteiger partial charge on any atom is 0.332 e. The van der Waals surface area contributed by atoms with Gasteiger partial charge in [-0.15, -0.1) is 0 Å². The van der Waals surface area contributed by atoms with Crippen molar-refractivity contribution in [3.8, 4) is 11.8 Å². The Kier molecular flexibility index (Phi) is 4.77. The third kappa shape index (κ3) is 4.39. The van der Waals surface area contributed by atoms with Gasteiger partial charge in [-0.25, -0.2) is 4.79 Å². The van der Waals surface area contributed by atoms with E-state index in [-0.39, 0.29) is 0 Å². The summed E-state index contributed by atoms with van der Waals surface area (Å²) >= 11 is 0. The summed E-state index contributed by atoms with van der Waals surface area (Å²) in [5, 5.41) is 8.47. The SMILES string of the molecule is COc1cccc(/C=C/C(=O)O[C@H](C)C#N)c1. The molecule has 0 aliphatic carbocycles. The first-order chi connectivity index (χ1) is 8.15. The van der Waals surface area contributed by atoms with Crippen LogP contribution in [-0.2, 0) is 9.53 Å². The van der Waals surface area contributed by atoms with Crippen LogP contribution in [0.3, 0.4) is 0 Å². The van der Waals surface area contributed by atoms with Gasteiger partial charge in [-0.3, -0.25) is 0 Å². The lowest BCUT2D eigenvalue weighted by Gasteiger charge is -2.02. The average molecular weight is 231 g/mol. The second kappa shape index (κ2) is 6.33. The highest BCUT2D eigenvalue weighted by molar-refractivity contribution is 5.87. The number of carbonyl (C=O) groups excluding carboxylic acids is 1. The number of hydrogen-bond donors (Lipinski definition) is 0. The largest absolute Gasteiger partial charge is 0.497 e. The molecular formula is C13H13NO3. The van der Waals surface area contributed by atoms with Crippen molar-refractivity contribution in [1.82, 2.24) is 0 Å². The van der Waals surface area contributed by atoms with E-state index >= 15 is 0 Å². The minimum absolute atomic E-state index is 0.540. The van der Waals surface area contributed by atoms with Gasteiger partial charge >= 0.3 is 5.97 Å². The first-order valence-corrected chi connectivity index (χ1v) is 5.08. The fourth-order valence-corrected chi connectivity index (χ4v) is 1.15. The standard InChI is InChI=1S/C13H13NO3/c1-10(9-14)17-13(15)7-6-11-4-3-5-12(8-11)16-2/h3-8,10H,1-2H3/b7-6+/t10-/m1/s1. The monoisotopic (exact) mass is 231 g/mol. The fourth-order valence-electron chi connectivity index (χ4n) is 1.15. The summed E-state index contributed by atoms with van der Waals surface area (Å²) in [5.41, 5.74) is 0.825. The second-order valence-corrected chi connectivity index (χ2v) is 3.32. The summed E-state index contributed by atoms with van der Waals surface area (Å²) in [7, 11) is 1.58. The average Bonchev–Trinajstić information content (AvgIpc) is 2.36. The second-order valence-electron chi connectivity index (χ2n) is 3.32. The van der Waals surface area contributed by atoms with Gasteiger partial charge in [0.05, 0.1) is 7.11 Å². The van der Waals surface area contributed by atoms with Crippen LogP contribution in [0.2, 0.25) is 0 Å². The number of methoxy groups -OCH3 is 1. The van der Waals surface area contributed by atoms with Gasteiger partial charge in [0.25, 0.3) is 0 Å². The lowest BCUT2D eigenvalue weighted by Crippen LogP contribution is -2.10. The molecule has 88 valence electrons. The molecule has 0 aromatic heterocycles. The highest BCUT2D eigenvalue weighted by atomic mass is 16.5. The highest BCUT2D eigenvalue weighted by Crippen LogP contribution is 2.13. The Morgan fingerprint density at radius 3 is 2.94 bits per heavy atom. The molecule has 0 unspecified atom stereocenters. The molecule has 0 aliphatic rings. The van der Waals surface area contributed by atoms with Crippen LogP contribution in [0.15, 0.2) is 30.3 Å². The van der Waals surface area contributed by atoms with Crippen LogP contribution in [0.5, 0.6) is 5.75 Å². The first-order valence-electron chi connectivity index (χ1n) is 5.08. The summed E-state index contributed by atoms with van der Waals surface area (Å²) in [4.78, 5) is 11.2. The van der Waals surface area contributed by atoms with E-state index in [0.717, 1.165) is 5.56 Å². The van der Waals surface area contributed by atoms with E-state index in [2.05, 4.69) is 0 Å². The molecule has 0 heterocycles. The van der Waals surface area contributed by atoms with E-state index in [1.54, 1.807) is 19.3 Å². The Labute approximate surface area is 100 Å². The molecule has 1 aromatic carbocycles. The Morgan fingerprint density at radius 2 is 2.29 bits per heavy atom. The van der Waals surface area contributed by atoms with E-state index in [1.807, 2.05) is 24.3 Å². The number of carbonyl (C=O) groups is 1. The molecule has 4 heteroatoms. The zero-order valence-electron chi connectivity index (χ0n) is 9.71. The predicted molar refractivity (Wildman–Crippen MR) is 63.2 cm³/mol. The molecule has 0 fully saturated rings. The number of rotatable bonds is 4. The molecule has 0 N–H and O–H groups in total. The Hall–Kier alpha value is -2.28. The molecule has 0 saturated carbocycles. The molecule has 4 nitrogen and oxygen atoms in total. The molecular weight excluding hydrogens is 218 g/mol. The smallest absolute Gasteiger partial charge is 0.332 e. The van der Waals surface area contributed by atoms with E-state index < -0.39 is 12.1 Å². The summed E-state index contributed by atoms with van der Waals surface area (Å²) in [5.74, 6) is 0.174. The Balaban J connectivity index is 2.64. The van der Waals surface area contributed by atoms with Crippen molar-refractivity contribution < 1.29 is 14.3 Å². The minimum Gasteiger partial charge on any atom is -0.497 e. The molecule has 0 saturated heterocycles. The van der Waals surface area contributed by atoms with Gasteiger partial charge in [-0.1, -0.05) is 12.1 Å². The normalized spacial score (nSPS) is 11.8. The fraction of sp³-hybridized carbons (Fsp3) is 0.231. The predicted octanol–water partition coefficient (Wildman–Crippen LogP) is 2.16. The summed E-state index contributed by atoms with van der Waals surface area (Å²) in [6.07, 6.45) is 2.15. The Bertz CT molecular complexity index is 460. The molecule has 1 aromatic rings. The summed E-state index contributed by atoms with van der Waals surface area (Å²) in [6, 6.07) is 9.07. The molecule has 0 amide bonds. The molecule has 0 bridgehead atoms. The van der Waals surface area contributed by atoms with E-state index in [1.165, 1.54) is 13.0 Å². The van der Waals surface area contributed by atoms with Gasteiger partial charge < -0.3 is 9.47 Å². The number of nitriles is 1. The van der Waals surface area contributed by atoms with Crippen molar-refractivity contribution in [2.45, 2.75) is 13.0 Å². The zero-order valence-corrected chi connectivity index (χ0v) is 9.71. The summed E-state index contributed by atoms with van der Waals surface area (Å²) in [6.45, 7) is 1.51. The van der Waals surface area contributed by atoms with Crippen LogP contribution in [0.4, 0.5) is 0 Å².